The predicted molar refractivity (Wildman–Crippen MR) is 77.7 cm³/mol. The van der Waals surface area contributed by atoms with Crippen molar-refractivity contribution >= 4 is 23.7 Å². The van der Waals surface area contributed by atoms with Crippen molar-refractivity contribution in [3.8, 4) is 5.95 Å². The molecule has 106 valence electrons. The molecular weight excluding hydrogens is 276 g/mol. The van der Waals surface area contributed by atoms with Crippen LogP contribution < -0.4 is 11.1 Å². The predicted octanol–water partition coefficient (Wildman–Crippen LogP) is 0.732. The number of thioether (sulfide) groups is 1. The summed E-state index contributed by atoms with van der Waals surface area (Å²) in [6.07, 6.45) is 5.39. The lowest BCUT2D eigenvalue weighted by Crippen LogP contribution is -2.28. The van der Waals surface area contributed by atoms with Crippen molar-refractivity contribution in [1.82, 2.24) is 29.7 Å². The van der Waals surface area contributed by atoms with Gasteiger partial charge in [-0.3, -0.25) is 0 Å². The molecule has 1 saturated heterocycles. The second kappa shape index (κ2) is 5.23. The topological polar surface area (TPSA) is 107 Å². The van der Waals surface area contributed by atoms with E-state index < -0.39 is 0 Å². The van der Waals surface area contributed by atoms with E-state index in [1.165, 1.54) is 35.9 Å². The number of hydrogen-bond acceptors (Lipinski definition) is 8. The van der Waals surface area contributed by atoms with Crippen molar-refractivity contribution in [1.29, 1.82) is 0 Å². The first-order valence-electron chi connectivity index (χ1n) is 6.39. The van der Waals surface area contributed by atoms with Gasteiger partial charge in [-0.2, -0.15) is 36.5 Å². The highest BCUT2D eigenvalue weighted by atomic mass is 32.2. The van der Waals surface area contributed by atoms with E-state index in [4.69, 9.17) is 5.73 Å². The highest BCUT2D eigenvalue weighted by molar-refractivity contribution is 8.00. The van der Waals surface area contributed by atoms with E-state index in [-0.39, 0.29) is 10.7 Å². The SMILES string of the molecule is CC1(CNc2nc(N)nc(-n3cncn3)n2)CCCS1. The van der Waals surface area contributed by atoms with E-state index in [1.807, 2.05) is 11.8 Å². The van der Waals surface area contributed by atoms with Gasteiger partial charge in [0, 0.05) is 11.3 Å². The van der Waals surface area contributed by atoms with Gasteiger partial charge in [0.1, 0.15) is 12.7 Å². The van der Waals surface area contributed by atoms with Gasteiger partial charge in [0.05, 0.1) is 0 Å². The lowest BCUT2D eigenvalue weighted by molar-refractivity contribution is 0.631. The fraction of sp³-hybridized carbons (Fsp3) is 0.545. The minimum absolute atomic E-state index is 0.164. The van der Waals surface area contributed by atoms with Gasteiger partial charge in [0.15, 0.2) is 0 Å². The van der Waals surface area contributed by atoms with Gasteiger partial charge in [-0.1, -0.05) is 0 Å². The first-order valence-corrected chi connectivity index (χ1v) is 7.38. The van der Waals surface area contributed by atoms with Crippen LogP contribution in [0.3, 0.4) is 0 Å². The van der Waals surface area contributed by atoms with Crippen LogP contribution in [-0.2, 0) is 0 Å². The van der Waals surface area contributed by atoms with Crippen molar-refractivity contribution in [2.24, 2.45) is 0 Å². The van der Waals surface area contributed by atoms with E-state index >= 15 is 0 Å². The van der Waals surface area contributed by atoms with Crippen molar-refractivity contribution in [3.05, 3.63) is 12.7 Å². The van der Waals surface area contributed by atoms with Crippen molar-refractivity contribution in [3.63, 3.8) is 0 Å². The number of hydrogen-bond donors (Lipinski definition) is 2. The highest BCUT2D eigenvalue weighted by Crippen LogP contribution is 2.37. The largest absolute Gasteiger partial charge is 0.368 e. The quantitative estimate of drug-likeness (QED) is 0.849. The Hall–Kier alpha value is -1.90. The second-order valence-electron chi connectivity index (χ2n) is 4.91. The van der Waals surface area contributed by atoms with Crippen LogP contribution in [0.15, 0.2) is 12.7 Å². The van der Waals surface area contributed by atoms with Crippen LogP contribution in [0, 0.1) is 0 Å². The number of nitrogens with zero attached hydrogens (tertiary/aromatic N) is 6. The average molecular weight is 292 g/mol. The summed E-state index contributed by atoms with van der Waals surface area (Å²) in [6, 6.07) is 0. The molecule has 0 aromatic carbocycles. The maximum Gasteiger partial charge on any atom is 0.258 e. The third kappa shape index (κ3) is 2.82. The number of nitrogens with one attached hydrogen (secondary N) is 1. The summed E-state index contributed by atoms with van der Waals surface area (Å²) in [6.45, 7) is 3.05. The number of rotatable bonds is 4. The van der Waals surface area contributed by atoms with Crippen molar-refractivity contribution in [2.75, 3.05) is 23.3 Å². The Morgan fingerprint density at radius 2 is 2.35 bits per heavy atom. The van der Waals surface area contributed by atoms with Crippen LogP contribution in [0.25, 0.3) is 5.95 Å². The van der Waals surface area contributed by atoms with Gasteiger partial charge in [0.25, 0.3) is 5.95 Å². The fourth-order valence-electron chi connectivity index (χ4n) is 2.12. The lowest BCUT2D eigenvalue weighted by atomic mass is 10.1. The van der Waals surface area contributed by atoms with Crippen molar-refractivity contribution in [2.45, 2.75) is 24.5 Å². The number of anilines is 2. The van der Waals surface area contributed by atoms with Gasteiger partial charge in [0.2, 0.25) is 11.9 Å². The molecule has 2 aromatic rings. The first kappa shape index (κ1) is 13.1. The first-order chi connectivity index (χ1) is 9.65. The lowest BCUT2D eigenvalue weighted by Gasteiger charge is -2.22. The van der Waals surface area contributed by atoms with Gasteiger partial charge in [-0.05, 0) is 25.5 Å². The van der Waals surface area contributed by atoms with Crippen LogP contribution in [0.2, 0.25) is 0 Å². The Morgan fingerprint density at radius 1 is 1.45 bits per heavy atom. The average Bonchev–Trinajstić information content (AvgIpc) is 3.08. The summed E-state index contributed by atoms with van der Waals surface area (Å²) in [5.41, 5.74) is 5.71. The number of nitrogens with two attached hydrogens (primary N) is 1. The molecule has 1 fully saturated rings. The third-order valence-corrected chi connectivity index (χ3v) is 4.72. The molecule has 0 amide bonds. The highest BCUT2D eigenvalue weighted by Gasteiger charge is 2.29. The molecule has 1 atom stereocenters. The van der Waals surface area contributed by atoms with Gasteiger partial charge in [-0.15, -0.1) is 0 Å². The molecule has 0 aliphatic carbocycles. The molecule has 3 rings (SSSR count). The summed E-state index contributed by atoms with van der Waals surface area (Å²) < 4.78 is 1.68. The molecule has 20 heavy (non-hydrogen) atoms. The van der Waals surface area contributed by atoms with E-state index in [9.17, 15) is 0 Å². The Labute approximate surface area is 120 Å². The Morgan fingerprint density at radius 3 is 3.05 bits per heavy atom. The zero-order valence-corrected chi connectivity index (χ0v) is 12.0. The maximum absolute atomic E-state index is 5.71. The summed E-state index contributed by atoms with van der Waals surface area (Å²) in [7, 11) is 0. The van der Waals surface area contributed by atoms with Crippen LogP contribution >= 0.6 is 11.8 Å². The molecule has 0 bridgehead atoms. The molecule has 3 heterocycles. The monoisotopic (exact) mass is 292 g/mol. The van der Waals surface area contributed by atoms with E-state index in [0.717, 1.165) is 6.54 Å². The van der Waals surface area contributed by atoms with Crippen LogP contribution in [0.4, 0.5) is 11.9 Å². The molecule has 1 unspecified atom stereocenters. The molecule has 8 nitrogen and oxygen atoms in total. The summed E-state index contributed by atoms with van der Waals surface area (Å²) in [5.74, 6) is 2.21. The molecule has 9 heteroatoms. The van der Waals surface area contributed by atoms with Crippen LogP contribution in [0.1, 0.15) is 19.8 Å². The summed E-state index contributed by atoms with van der Waals surface area (Å²) >= 11 is 1.98. The van der Waals surface area contributed by atoms with Gasteiger partial charge in [-0.25, -0.2) is 4.98 Å². The normalized spacial score (nSPS) is 22.1. The maximum atomic E-state index is 5.71. The van der Waals surface area contributed by atoms with Crippen LogP contribution in [-0.4, -0.2) is 46.8 Å². The second-order valence-corrected chi connectivity index (χ2v) is 6.60. The zero-order chi connectivity index (χ0) is 14.0. The van der Waals surface area contributed by atoms with Crippen LogP contribution in [0.5, 0.6) is 0 Å². The zero-order valence-electron chi connectivity index (χ0n) is 11.2. The molecule has 1 aliphatic rings. The standard InChI is InChI=1S/C11H16N8S/c1-11(3-2-4-20-11)5-14-9-16-8(12)17-10(18-9)19-7-13-6-15-19/h6-7H,2-5H2,1H3,(H3,12,14,16,17,18). The molecule has 0 radical (unpaired) electrons. The fourth-order valence-corrected chi connectivity index (χ4v) is 3.36. The molecule has 0 spiro atoms. The van der Waals surface area contributed by atoms with Gasteiger partial charge < -0.3 is 11.1 Å². The number of aromatic nitrogens is 6. The third-order valence-electron chi connectivity index (χ3n) is 3.19. The summed E-state index contributed by atoms with van der Waals surface area (Å²) in [4.78, 5) is 16.3. The number of nitrogen functional groups attached to an aromatic ring is 1. The molecule has 1 aliphatic heterocycles. The van der Waals surface area contributed by atoms with E-state index in [1.54, 1.807) is 0 Å². The molecule has 2 aromatic heterocycles. The smallest absolute Gasteiger partial charge is 0.258 e. The molecular formula is C11H16N8S. The Balaban J connectivity index is 1.76. The summed E-state index contributed by atoms with van der Waals surface area (Å²) in [5, 5.41) is 7.23. The van der Waals surface area contributed by atoms with E-state index in [2.05, 4.69) is 37.3 Å². The van der Waals surface area contributed by atoms with Gasteiger partial charge >= 0.3 is 0 Å². The minimum atomic E-state index is 0.164. The van der Waals surface area contributed by atoms with E-state index in [0.29, 0.717) is 11.9 Å². The molecule has 3 N–H and O–H groups in total. The van der Waals surface area contributed by atoms with Crippen molar-refractivity contribution < 1.29 is 0 Å². The Kier molecular flexibility index (Phi) is 3.43. The Bertz CT molecular complexity index is 578. The molecule has 0 saturated carbocycles. The minimum Gasteiger partial charge on any atom is -0.368 e.